The molecule has 2 N–H and O–H groups in total. The summed E-state index contributed by atoms with van der Waals surface area (Å²) in [5.74, 6) is 0.926. The summed E-state index contributed by atoms with van der Waals surface area (Å²) in [4.78, 5) is 2.08. The largest absolute Gasteiger partial charge is 0.508 e. The lowest BCUT2D eigenvalue weighted by atomic mass is 9.69. The van der Waals surface area contributed by atoms with Crippen LogP contribution in [0, 0.1) is 5.82 Å². The molecule has 0 spiro atoms. The van der Waals surface area contributed by atoms with Gasteiger partial charge in [-0.25, -0.2) is 4.39 Å². The molecular formula is C27H29FN2O2. The van der Waals surface area contributed by atoms with Crippen LogP contribution < -0.4 is 15.0 Å². The Kier molecular flexibility index (Phi) is 5.75. The minimum atomic E-state index is -0.208. The van der Waals surface area contributed by atoms with Crippen molar-refractivity contribution in [1.29, 1.82) is 0 Å². The number of anilines is 1. The van der Waals surface area contributed by atoms with Crippen LogP contribution in [0.5, 0.6) is 11.5 Å². The molecule has 3 aromatic rings. The van der Waals surface area contributed by atoms with Crippen LogP contribution >= 0.6 is 0 Å². The van der Waals surface area contributed by atoms with E-state index in [1.165, 1.54) is 5.56 Å². The lowest BCUT2D eigenvalue weighted by Gasteiger charge is -2.36. The van der Waals surface area contributed by atoms with Crippen LogP contribution in [-0.2, 0) is 6.42 Å². The van der Waals surface area contributed by atoms with E-state index in [-0.39, 0.29) is 23.4 Å². The zero-order valence-electron chi connectivity index (χ0n) is 18.4. The van der Waals surface area contributed by atoms with Gasteiger partial charge in [0.15, 0.2) is 0 Å². The number of benzene rings is 3. The van der Waals surface area contributed by atoms with Gasteiger partial charge in [0.2, 0.25) is 0 Å². The molecule has 2 aliphatic rings. The molecular weight excluding hydrogens is 403 g/mol. The van der Waals surface area contributed by atoms with E-state index in [1.807, 2.05) is 24.3 Å². The van der Waals surface area contributed by atoms with Gasteiger partial charge in [0, 0.05) is 43.7 Å². The van der Waals surface area contributed by atoms with E-state index in [1.54, 1.807) is 19.2 Å². The van der Waals surface area contributed by atoms with Crippen molar-refractivity contribution in [2.75, 3.05) is 38.2 Å². The number of methoxy groups -OCH3 is 1. The number of aromatic hydroxyl groups is 1. The Labute approximate surface area is 188 Å². The second-order valence-electron chi connectivity index (χ2n) is 8.70. The lowest BCUT2D eigenvalue weighted by molar-refractivity contribution is 0.398. The van der Waals surface area contributed by atoms with Crippen molar-refractivity contribution < 1.29 is 14.2 Å². The number of halogens is 1. The Morgan fingerprint density at radius 3 is 2.53 bits per heavy atom. The van der Waals surface area contributed by atoms with E-state index in [9.17, 15) is 5.11 Å². The van der Waals surface area contributed by atoms with Gasteiger partial charge in [0.25, 0.3) is 0 Å². The summed E-state index contributed by atoms with van der Waals surface area (Å²) in [5, 5.41) is 13.4. The number of aryl methyl sites for hydroxylation is 1. The van der Waals surface area contributed by atoms with Crippen LogP contribution in [0.3, 0.4) is 0 Å². The van der Waals surface area contributed by atoms with E-state index < -0.39 is 0 Å². The van der Waals surface area contributed by atoms with Gasteiger partial charge in [-0.1, -0.05) is 36.4 Å². The third-order valence-corrected chi connectivity index (χ3v) is 6.91. The van der Waals surface area contributed by atoms with Gasteiger partial charge in [-0.15, -0.1) is 0 Å². The maximum atomic E-state index is 15.5. The average Bonchev–Trinajstić information content (AvgIpc) is 2.84. The Balaban J connectivity index is 1.65. The first-order valence-electron chi connectivity index (χ1n) is 11.4. The zero-order valence-corrected chi connectivity index (χ0v) is 18.4. The van der Waals surface area contributed by atoms with E-state index in [2.05, 4.69) is 34.5 Å². The quantitative estimate of drug-likeness (QED) is 0.621. The van der Waals surface area contributed by atoms with Crippen LogP contribution in [-0.4, -0.2) is 38.4 Å². The monoisotopic (exact) mass is 432 g/mol. The van der Waals surface area contributed by atoms with Gasteiger partial charge in [0.05, 0.1) is 12.8 Å². The van der Waals surface area contributed by atoms with Crippen LogP contribution in [0.1, 0.15) is 40.5 Å². The number of phenols is 1. The van der Waals surface area contributed by atoms with Crippen LogP contribution in [0.25, 0.3) is 0 Å². The molecule has 5 heteroatoms. The Morgan fingerprint density at radius 1 is 1.00 bits per heavy atom. The molecule has 2 atom stereocenters. The number of nitrogens with zero attached hydrogens (tertiary/aromatic N) is 1. The van der Waals surface area contributed by atoms with E-state index in [0.29, 0.717) is 11.4 Å². The predicted octanol–water partition coefficient (Wildman–Crippen LogP) is 4.81. The van der Waals surface area contributed by atoms with Crippen molar-refractivity contribution in [3.63, 3.8) is 0 Å². The molecule has 0 bridgehead atoms. The summed E-state index contributed by atoms with van der Waals surface area (Å²) < 4.78 is 21.4. The fraction of sp³-hybridized carbons (Fsp3) is 0.333. The Morgan fingerprint density at radius 2 is 1.78 bits per heavy atom. The highest BCUT2D eigenvalue weighted by Crippen LogP contribution is 2.50. The minimum absolute atomic E-state index is 0.0525. The summed E-state index contributed by atoms with van der Waals surface area (Å²) in [5.41, 5.74) is 4.96. The van der Waals surface area contributed by atoms with Crippen molar-refractivity contribution in [2.45, 2.75) is 24.7 Å². The number of fused-ring (bicyclic) bond motifs is 1. The van der Waals surface area contributed by atoms with Crippen molar-refractivity contribution in [3.8, 4) is 11.5 Å². The molecule has 0 saturated carbocycles. The number of ether oxygens (including phenoxy) is 1. The van der Waals surface area contributed by atoms with Crippen LogP contribution in [0.15, 0.2) is 60.7 Å². The van der Waals surface area contributed by atoms with E-state index >= 15 is 4.39 Å². The molecule has 1 saturated heterocycles. The van der Waals surface area contributed by atoms with Gasteiger partial charge < -0.3 is 20.1 Å². The zero-order chi connectivity index (χ0) is 22.1. The normalized spacial score (nSPS) is 20.6. The molecule has 3 aromatic carbocycles. The van der Waals surface area contributed by atoms with Gasteiger partial charge in [-0.05, 0) is 53.6 Å². The van der Waals surface area contributed by atoms with Crippen molar-refractivity contribution in [2.24, 2.45) is 0 Å². The molecule has 5 rings (SSSR count). The average molecular weight is 433 g/mol. The standard InChI is InChI=1S/C27H29FN2O2/c1-32-26-17-25(30-13-11-29-12-14-30)24(28)16-23(26)27-21(18-5-3-2-4-6-18)9-7-19-15-20(31)8-10-22(19)27/h2-6,8,10,15-17,21,27,29,31H,7,9,11-14H2,1H3/t21-,27+/m1/s1. The first-order chi connectivity index (χ1) is 15.7. The maximum absolute atomic E-state index is 15.5. The van der Waals surface area contributed by atoms with E-state index in [0.717, 1.165) is 55.7 Å². The molecule has 166 valence electrons. The highest BCUT2D eigenvalue weighted by atomic mass is 19.1. The number of nitrogens with one attached hydrogen (secondary N) is 1. The molecule has 1 heterocycles. The number of phenolic OH excluding ortho intramolecular Hbond substituents is 1. The first kappa shape index (κ1) is 20.8. The summed E-state index contributed by atoms with van der Waals surface area (Å²) in [6.07, 6.45) is 1.80. The maximum Gasteiger partial charge on any atom is 0.147 e. The third kappa shape index (κ3) is 3.82. The van der Waals surface area contributed by atoms with Crippen LogP contribution in [0.4, 0.5) is 10.1 Å². The number of hydrogen-bond donors (Lipinski definition) is 2. The summed E-state index contributed by atoms with van der Waals surface area (Å²) in [6.45, 7) is 3.24. The topological polar surface area (TPSA) is 44.7 Å². The molecule has 32 heavy (non-hydrogen) atoms. The molecule has 1 aliphatic carbocycles. The number of piperazine rings is 1. The molecule has 4 nitrogen and oxygen atoms in total. The summed E-state index contributed by atoms with van der Waals surface area (Å²) in [6, 6.07) is 19.6. The molecule has 1 fully saturated rings. The summed E-state index contributed by atoms with van der Waals surface area (Å²) >= 11 is 0. The lowest BCUT2D eigenvalue weighted by Crippen LogP contribution is -2.43. The van der Waals surface area contributed by atoms with Crippen molar-refractivity contribution in [3.05, 3.63) is 88.7 Å². The smallest absolute Gasteiger partial charge is 0.147 e. The predicted molar refractivity (Wildman–Crippen MR) is 125 cm³/mol. The van der Waals surface area contributed by atoms with Crippen molar-refractivity contribution >= 4 is 5.69 Å². The fourth-order valence-corrected chi connectivity index (χ4v) is 5.38. The minimum Gasteiger partial charge on any atom is -0.508 e. The second kappa shape index (κ2) is 8.83. The number of rotatable bonds is 4. The third-order valence-electron chi connectivity index (χ3n) is 6.91. The fourth-order valence-electron chi connectivity index (χ4n) is 5.38. The number of hydrogen-bond acceptors (Lipinski definition) is 4. The summed E-state index contributed by atoms with van der Waals surface area (Å²) in [7, 11) is 1.66. The first-order valence-corrected chi connectivity index (χ1v) is 11.4. The van der Waals surface area contributed by atoms with Crippen LogP contribution in [0.2, 0.25) is 0 Å². The highest BCUT2D eigenvalue weighted by Gasteiger charge is 2.35. The van der Waals surface area contributed by atoms with Crippen molar-refractivity contribution in [1.82, 2.24) is 5.32 Å². The molecule has 0 unspecified atom stereocenters. The van der Waals surface area contributed by atoms with E-state index in [4.69, 9.17) is 4.74 Å². The Hall–Kier alpha value is -3.05. The van der Waals surface area contributed by atoms with Gasteiger partial charge in [-0.2, -0.15) is 0 Å². The Bertz CT molecular complexity index is 1100. The SMILES string of the molecule is COc1cc(N2CCNCC2)c(F)cc1[C@@H]1c2ccc(O)cc2CC[C@@H]1c1ccccc1. The second-order valence-corrected chi connectivity index (χ2v) is 8.70. The molecule has 0 amide bonds. The molecule has 1 aliphatic heterocycles. The molecule has 0 radical (unpaired) electrons. The highest BCUT2D eigenvalue weighted by molar-refractivity contribution is 5.59. The van der Waals surface area contributed by atoms with Gasteiger partial charge >= 0.3 is 0 Å². The van der Waals surface area contributed by atoms with Gasteiger partial charge in [-0.3, -0.25) is 0 Å². The van der Waals surface area contributed by atoms with Gasteiger partial charge in [0.1, 0.15) is 17.3 Å². The molecule has 0 aromatic heterocycles.